The van der Waals surface area contributed by atoms with Crippen LogP contribution < -0.4 is 21.1 Å². The van der Waals surface area contributed by atoms with Gasteiger partial charge in [-0.05, 0) is 69.0 Å². The smallest absolute Gasteiger partial charge is 0.163 e. The Bertz CT molecular complexity index is 863. The third-order valence-electron chi connectivity index (χ3n) is 4.72. The van der Waals surface area contributed by atoms with Gasteiger partial charge in [0.1, 0.15) is 23.1 Å². The second-order valence-electron chi connectivity index (χ2n) is 7.04. The lowest BCUT2D eigenvalue weighted by atomic mass is 10.0. The van der Waals surface area contributed by atoms with Crippen LogP contribution in [0.3, 0.4) is 0 Å². The van der Waals surface area contributed by atoms with Crippen LogP contribution >= 0.6 is 0 Å². The van der Waals surface area contributed by atoms with E-state index in [2.05, 4.69) is 5.10 Å². The number of carbonyl (C=O) groups is 1. The Balaban J connectivity index is 1.74. The second kappa shape index (κ2) is 11.7. The summed E-state index contributed by atoms with van der Waals surface area (Å²) in [5, 5.41) is 13.8. The number of ether oxygens (including phenoxy) is 2. The van der Waals surface area contributed by atoms with Crippen LogP contribution in [0.2, 0.25) is 0 Å². The lowest BCUT2D eigenvalue weighted by Crippen LogP contribution is -2.15. The molecule has 0 aromatic heterocycles. The fraction of sp³-hybridized carbons (Fsp3) is 0.391. The first-order chi connectivity index (χ1) is 14.5. The van der Waals surface area contributed by atoms with Crippen molar-refractivity contribution in [1.82, 2.24) is 0 Å². The van der Waals surface area contributed by atoms with Crippen molar-refractivity contribution < 1.29 is 19.4 Å². The van der Waals surface area contributed by atoms with Gasteiger partial charge in [0.2, 0.25) is 0 Å². The number of hydrogen-bond acceptors (Lipinski definition) is 6. The monoisotopic (exact) mass is 413 g/mol. The zero-order valence-corrected chi connectivity index (χ0v) is 17.7. The van der Waals surface area contributed by atoms with Gasteiger partial charge in [-0.3, -0.25) is 4.79 Å². The third-order valence-corrected chi connectivity index (χ3v) is 4.72. The van der Waals surface area contributed by atoms with E-state index in [1.54, 1.807) is 12.1 Å². The number of hydrogen-bond donors (Lipinski definition) is 3. The summed E-state index contributed by atoms with van der Waals surface area (Å²) in [4.78, 5) is 11.6. The fourth-order valence-electron chi connectivity index (χ4n) is 3.08. The van der Waals surface area contributed by atoms with E-state index in [0.29, 0.717) is 36.5 Å². The Labute approximate surface area is 177 Å². The van der Waals surface area contributed by atoms with Crippen LogP contribution in [-0.2, 0) is 6.42 Å². The highest BCUT2D eigenvalue weighted by Crippen LogP contribution is 2.33. The predicted molar refractivity (Wildman–Crippen MR) is 118 cm³/mol. The summed E-state index contributed by atoms with van der Waals surface area (Å²) < 4.78 is 11.6. The SMILES string of the molecule is CCCc1c(OCCCCCOc2ccc(/C(N)=N/N)cc2)ccc(C(C)=O)c1O. The number of carbonyl (C=O) groups excluding carboxylic acids is 1. The van der Waals surface area contributed by atoms with E-state index < -0.39 is 0 Å². The molecule has 0 bridgehead atoms. The molecule has 0 heterocycles. The summed E-state index contributed by atoms with van der Waals surface area (Å²) in [6.45, 7) is 4.63. The second-order valence-corrected chi connectivity index (χ2v) is 7.04. The molecule has 30 heavy (non-hydrogen) atoms. The molecular formula is C23H31N3O4. The summed E-state index contributed by atoms with van der Waals surface area (Å²) >= 11 is 0. The minimum Gasteiger partial charge on any atom is -0.507 e. The highest BCUT2D eigenvalue weighted by molar-refractivity contribution is 5.97. The van der Waals surface area contributed by atoms with Gasteiger partial charge in [-0.15, -0.1) is 0 Å². The van der Waals surface area contributed by atoms with E-state index in [1.807, 2.05) is 31.2 Å². The molecule has 0 aliphatic heterocycles. The molecule has 0 spiro atoms. The molecule has 162 valence electrons. The van der Waals surface area contributed by atoms with E-state index >= 15 is 0 Å². The zero-order chi connectivity index (χ0) is 21.9. The zero-order valence-electron chi connectivity index (χ0n) is 17.7. The molecule has 0 saturated carbocycles. The van der Waals surface area contributed by atoms with Crippen LogP contribution in [0.15, 0.2) is 41.5 Å². The van der Waals surface area contributed by atoms with Gasteiger partial charge >= 0.3 is 0 Å². The van der Waals surface area contributed by atoms with Crippen molar-refractivity contribution in [3.05, 3.63) is 53.1 Å². The number of unbranched alkanes of at least 4 members (excludes halogenated alkanes) is 2. The number of rotatable bonds is 12. The highest BCUT2D eigenvalue weighted by atomic mass is 16.5. The summed E-state index contributed by atoms with van der Waals surface area (Å²) in [5.41, 5.74) is 7.46. The van der Waals surface area contributed by atoms with Crippen LogP contribution in [0.25, 0.3) is 0 Å². The lowest BCUT2D eigenvalue weighted by molar-refractivity contribution is 0.101. The Hall–Kier alpha value is -3.22. The number of nitrogens with two attached hydrogens (primary N) is 2. The number of phenolic OH excluding ortho intramolecular Hbond substituents is 1. The molecule has 2 aromatic rings. The molecule has 0 saturated heterocycles. The Kier molecular flexibility index (Phi) is 9.00. The number of aromatic hydroxyl groups is 1. The van der Waals surface area contributed by atoms with Gasteiger partial charge in [-0.1, -0.05) is 13.3 Å². The molecule has 0 atom stereocenters. The Morgan fingerprint density at radius 1 is 1.03 bits per heavy atom. The van der Waals surface area contributed by atoms with Crippen LogP contribution in [0, 0.1) is 0 Å². The van der Waals surface area contributed by atoms with E-state index in [9.17, 15) is 9.90 Å². The van der Waals surface area contributed by atoms with Gasteiger partial charge < -0.3 is 26.2 Å². The molecule has 2 aromatic carbocycles. The van der Waals surface area contributed by atoms with Gasteiger partial charge in [0.25, 0.3) is 0 Å². The van der Waals surface area contributed by atoms with Crippen molar-refractivity contribution in [2.45, 2.75) is 46.0 Å². The number of Topliss-reactive ketones (excluding diaryl/α,β-unsaturated/α-hetero) is 1. The van der Waals surface area contributed by atoms with Gasteiger partial charge in [0, 0.05) is 11.1 Å². The van der Waals surface area contributed by atoms with Crippen LogP contribution in [0.1, 0.15) is 61.0 Å². The lowest BCUT2D eigenvalue weighted by Gasteiger charge is -2.14. The molecule has 0 aliphatic carbocycles. The average Bonchev–Trinajstić information content (AvgIpc) is 2.74. The minimum atomic E-state index is -0.151. The van der Waals surface area contributed by atoms with Crippen LogP contribution in [-0.4, -0.2) is 29.9 Å². The molecule has 7 nitrogen and oxygen atoms in total. The Morgan fingerprint density at radius 2 is 1.70 bits per heavy atom. The average molecular weight is 414 g/mol. The van der Waals surface area contributed by atoms with Crippen molar-refractivity contribution in [3.8, 4) is 17.2 Å². The number of phenols is 1. The van der Waals surface area contributed by atoms with Crippen LogP contribution in [0.5, 0.6) is 17.2 Å². The summed E-state index contributed by atoms with van der Waals surface area (Å²) in [6.07, 6.45) is 4.23. The van der Waals surface area contributed by atoms with Crippen molar-refractivity contribution in [1.29, 1.82) is 0 Å². The maximum absolute atomic E-state index is 11.6. The molecule has 0 radical (unpaired) electrons. The topological polar surface area (TPSA) is 120 Å². The van der Waals surface area contributed by atoms with E-state index in [1.165, 1.54) is 6.92 Å². The molecule has 2 rings (SSSR count). The molecule has 7 heteroatoms. The molecule has 0 amide bonds. The first-order valence-corrected chi connectivity index (χ1v) is 10.2. The normalized spacial score (nSPS) is 11.3. The fourth-order valence-corrected chi connectivity index (χ4v) is 3.08. The van der Waals surface area contributed by atoms with E-state index in [0.717, 1.165) is 37.0 Å². The van der Waals surface area contributed by atoms with Crippen molar-refractivity contribution >= 4 is 11.6 Å². The molecular weight excluding hydrogens is 382 g/mol. The number of hydrazone groups is 1. The Morgan fingerprint density at radius 3 is 2.30 bits per heavy atom. The van der Waals surface area contributed by atoms with E-state index in [-0.39, 0.29) is 17.4 Å². The number of ketones is 1. The van der Waals surface area contributed by atoms with E-state index in [4.69, 9.17) is 21.1 Å². The molecule has 0 unspecified atom stereocenters. The summed E-state index contributed by atoms with van der Waals surface area (Å²) in [7, 11) is 0. The van der Waals surface area contributed by atoms with Crippen LogP contribution in [0.4, 0.5) is 0 Å². The maximum atomic E-state index is 11.6. The quantitative estimate of drug-likeness (QED) is 0.122. The largest absolute Gasteiger partial charge is 0.507 e. The number of amidine groups is 1. The molecule has 0 fully saturated rings. The predicted octanol–water partition coefficient (Wildman–Crippen LogP) is 3.75. The molecule has 5 N–H and O–H groups in total. The van der Waals surface area contributed by atoms with Crippen molar-refractivity contribution in [3.63, 3.8) is 0 Å². The first kappa shape index (κ1) is 23.1. The number of nitrogens with zero attached hydrogens (tertiary/aromatic N) is 1. The number of benzene rings is 2. The van der Waals surface area contributed by atoms with Crippen molar-refractivity contribution in [2.75, 3.05) is 13.2 Å². The maximum Gasteiger partial charge on any atom is 0.163 e. The van der Waals surface area contributed by atoms with Gasteiger partial charge in [0.15, 0.2) is 5.78 Å². The van der Waals surface area contributed by atoms with Gasteiger partial charge in [-0.25, -0.2) is 0 Å². The minimum absolute atomic E-state index is 0.0424. The van der Waals surface area contributed by atoms with Gasteiger partial charge in [0.05, 0.1) is 18.8 Å². The molecule has 0 aliphatic rings. The van der Waals surface area contributed by atoms with Crippen molar-refractivity contribution in [2.24, 2.45) is 16.7 Å². The third kappa shape index (κ3) is 6.40. The van der Waals surface area contributed by atoms with Gasteiger partial charge in [-0.2, -0.15) is 5.10 Å². The summed E-state index contributed by atoms with van der Waals surface area (Å²) in [5.74, 6) is 6.76. The first-order valence-electron chi connectivity index (χ1n) is 10.2. The summed E-state index contributed by atoms with van der Waals surface area (Å²) in [6, 6.07) is 10.7. The standard InChI is InChI=1S/C23H31N3O4/c1-3-7-20-21(13-12-19(16(2)27)22(20)28)30-15-6-4-5-14-29-18-10-8-17(9-11-18)23(24)26-25/h8-13,28H,3-7,14-15,25H2,1-2H3,(H2,24,26). The highest BCUT2D eigenvalue weighted by Gasteiger charge is 2.15.